The van der Waals surface area contributed by atoms with Gasteiger partial charge in [-0.2, -0.15) is 0 Å². The molecule has 4 unspecified atom stereocenters. The summed E-state index contributed by atoms with van der Waals surface area (Å²) in [5.41, 5.74) is 0. The van der Waals surface area contributed by atoms with Gasteiger partial charge >= 0.3 is 0 Å². The molecule has 2 fully saturated rings. The first-order valence-electron chi connectivity index (χ1n) is 10.00. The van der Waals surface area contributed by atoms with Gasteiger partial charge in [0.15, 0.2) is 16.8 Å². The number of Topliss-reactive ketones (excluding diaryl/α,β-unsaturated/α-hetero) is 1. The highest BCUT2D eigenvalue weighted by atomic mass is 35.5. The van der Waals surface area contributed by atoms with E-state index >= 15 is 0 Å². The van der Waals surface area contributed by atoms with E-state index in [0.717, 1.165) is 27.7 Å². The third kappa shape index (κ3) is 3.82. The fourth-order valence-electron chi connectivity index (χ4n) is 5.06. The van der Waals surface area contributed by atoms with Crippen LogP contribution >= 0.6 is 46.0 Å². The standard InChI is InChI=1S/C21H22ClN3OS3/c1-12(15-10-13-4-5-14(15)9-13)25-20(18-3-2-8-27-18)23-24-21(25)28-11-16(26)17-6-7-19(22)29-17/h2-3,6-8,12-15H,4-5,9-11H2,1H3. The Hall–Kier alpha value is -1.15. The molecule has 2 saturated carbocycles. The first-order valence-corrected chi connectivity index (χ1v) is 13.1. The summed E-state index contributed by atoms with van der Waals surface area (Å²) in [7, 11) is 0. The van der Waals surface area contributed by atoms with Gasteiger partial charge < -0.3 is 0 Å². The summed E-state index contributed by atoms with van der Waals surface area (Å²) < 4.78 is 2.95. The van der Waals surface area contributed by atoms with Crippen molar-refractivity contribution in [1.29, 1.82) is 0 Å². The lowest BCUT2D eigenvalue weighted by molar-refractivity contribution is 0.102. The Bertz CT molecular complexity index is 1010. The lowest BCUT2D eigenvalue weighted by atomic mass is 9.84. The Morgan fingerprint density at radius 1 is 1.31 bits per heavy atom. The Morgan fingerprint density at radius 3 is 2.86 bits per heavy atom. The number of rotatable bonds is 7. The van der Waals surface area contributed by atoms with Crippen LogP contribution in [0, 0.1) is 17.8 Å². The summed E-state index contributed by atoms with van der Waals surface area (Å²) in [5.74, 6) is 3.77. The molecule has 0 spiro atoms. The molecule has 29 heavy (non-hydrogen) atoms. The highest BCUT2D eigenvalue weighted by molar-refractivity contribution is 7.99. The SMILES string of the molecule is CC(C1CC2CCC1C2)n1c(SCC(=O)c2ccc(Cl)s2)nnc1-c1cccs1. The molecule has 8 heteroatoms. The fourth-order valence-corrected chi connectivity index (χ4v) is 7.74. The van der Waals surface area contributed by atoms with E-state index in [1.54, 1.807) is 23.5 Å². The number of hydrogen-bond acceptors (Lipinski definition) is 6. The van der Waals surface area contributed by atoms with Gasteiger partial charge in [-0.15, -0.1) is 32.9 Å². The van der Waals surface area contributed by atoms with Crippen LogP contribution in [0.5, 0.6) is 0 Å². The first-order chi connectivity index (χ1) is 14.1. The zero-order valence-corrected chi connectivity index (χ0v) is 19.3. The molecule has 0 amide bonds. The monoisotopic (exact) mass is 463 g/mol. The second-order valence-corrected chi connectivity index (χ2v) is 11.7. The molecule has 4 nitrogen and oxygen atoms in total. The van der Waals surface area contributed by atoms with Crippen molar-refractivity contribution >= 4 is 51.8 Å². The zero-order chi connectivity index (χ0) is 20.0. The normalized spacial score (nSPS) is 24.3. The number of thioether (sulfide) groups is 1. The number of carbonyl (C=O) groups excluding carboxylic acids is 1. The minimum absolute atomic E-state index is 0.0895. The van der Waals surface area contributed by atoms with E-state index in [1.165, 1.54) is 48.8 Å². The summed E-state index contributed by atoms with van der Waals surface area (Å²) in [6.45, 7) is 2.32. The first kappa shape index (κ1) is 19.8. The van der Waals surface area contributed by atoms with Crippen molar-refractivity contribution in [1.82, 2.24) is 14.8 Å². The van der Waals surface area contributed by atoms with Crippen molar-refractivity contribution in [3.8, 4) is 10.7 Å². The fraction of sp³-hybridized carbons (Fsp3) is 0.476. The van der Waals surface area contributed by atoms with Gasteiger partial charge in [0.1, 0.15) is 0 Å². The second kappa shape index (κ2) is 8.17. The summed E-state index contributed by atoms with van der Waals surface area (Å²) in [6, 6.07) is 8.07. The van der Waals surface area contributed by atoms with Crippen molar-refractivity contribution in [2.45, 2.75) is 43.8 Å². The van der Waals surface area contributed by atoms with Crippen LogP contribution in [-0.2, 0) is 0 Å². The van der Waals surface area contributed by atoms with E-state index in [2.05, 4.69) is 39.2 Å². The van der Waals surface area contributed by atoms with Gasteiger partial charge in [-0.1, -0.05) is 35.9 Å². The highest BCUT2D eigenvalue weighted by Gasteiger charge is 2.43. The molecular weight excluding hydrogens is 442 g/mol. The van der Waals surface area contributed by atoms with Crippen LogP contribution < -0.4 is 0 Å². The van der Waals surface area contributed by atoms with Gasteiger partial charge in [-0.25, -0.2) is 0 Å². The van der Waals surface area contributed by atoms with E-state index < -0.39 is 0 Å². The summed E-state index contributed by atoms with van der Waals surface area (Å²) in [4.78, 5) is 14.4. The molecule has 3 aromatic rings. The number of ketones is 1. The van der Waals surface area contributed by atoms with Crippen LogP contribution in [-0.4, -0.2) is 26.3 Å². The quantitative estimate of drug-likeness (QED) is 0.289. The Morgan fingerprint density at radius 2 is 2.21 bits per heavy atom. The van der Waals surface area contributed by atoms with E-state index in [4.69, 9.17) is 11.6 Å². The predicted molar refractivity (Wildman–Crippen MR) is 121 cm³/mol. The largest absolute Gasteiger partial charge is 0.298 e. The predicted octanol–water partition coefficient (Wildman–Crippen LogP) is 6.69. The van der Waals surface area contributed by atoms with Gasteiger partial charge in [-0.3, -0.25) is 9.36 Å². The van der Waals surface area contributed by atoms with Crippen LogP contribution in [0.1, 0.15) is 48.3 Å². The summed E-state index contributed by atoms with van der Waals surface area (Å²) in [5, 5.41) is 12.0. The van der Waals surface area contributed by atoms with E-state index in [-0.39, 0.29) is 5.78 Å². The molecule has 5 rings (SSSR count). The lowest BCUT2D eigenvalue weighted by Crippen LogP contribution is -2.23. The maximum Gasteiger partial charge on any atom is 0.192 e. The second-order valence-electron chi connectivity index (χ2n) is 8.05. The molecule has 0 N–H and O–H groups in total. The van der Waals surface area contributed by atoms with E-state index in [0.29, 0.717) is 26.9 Å². The van der Waals surface area contributed by atoms with Crippen molar-refractivity contribution < 1.29 is 4.79 Å². The molecule has 2 aliphatic rings. The average molecular weight is 464 g/mol. The van der Waals surface area contributed by atoms with Crippen LogP contribution in [0.3, 0.4) is 0 Å². The molecular formula is C21H22ClN3OS3. The zero-order valence-electron chi connectivity index (χ0n) is 16.1. The molecule has 0 aliphatic heterocycles. The maximum absolute atomic E-state index is 12.6. The van der Waals surface area contributed by atoms with E-state index in [1.807, 2.05) is 0 Å². The number of hydrogen-bond donors (Lipinski definition) is 0. The Kier molecular flexibility index (Phi) is 5.58. The van der Waals surface area contributed by atoms with Crippen LogP contribution in [0.15, 0.2) is 34.8 Å². The number of carbonyl (C=O) groups is 1. The Labute approximate surface area is 187 Å². The minimum Gasteiger partial charge on any atom is -0.298 e. The van der Waals surface area contributed by atoms with Crippen LogP contribution in [0.2, 0.25) is 4.34 Å². The van der Waals surface area contributed by atoms with Gasteiger partial charge in [0.25, 0.3) is 0 Å². The van der Waals surface area contributed by atoms with Gasteiger partial charge in [0, 0.05) is 6.04 Å². The molecule has 0 saturated heterocycles. The number of fused-ring (bicyclic) bond motifs is 2. The van der Waals surface area contributed by atoms with Crippen LogP contribution in [0.4, 0.5) is 0 Å². The van der Waals surface area contributed by atoms with Gasteiger partial charge in [0.05, 0.1) is 19.8 Å². The molecule has 3 heterocycles. The van der Waals surface area contributed by atoms with Crippen molar-refractivity contribution in [3.63, 3.8) is 0 Å². The molecule has 0 aromatic carbocycles. The third-order valence-electron chi connectivity index (χ3n) is 6.41. The minimum atomic E-state index is 0.0895. The molecule has 2 bridgehead atoms. The summed E-state index contributed by atoms with van der Waals surface area (Å²) in [6.07, 6.45) is 5.44. The van der Waals surface area contributed by atoms with Crippen LogP contribution in [0.25, 0.3) is 10.7 Å². The average Bonchev–Trinajstić information content (AvgIpc) is 3.53. The van der Waals surface area contributed by atoms with Gasteiger partial charge in [0.2, 0.25) is 0 Å². The Balaban J connectivity index is 1.41. The third-order valence-corrected chi connectivity index (χ3v) is 9.49. The van der Waals surface area contributed by atoms with E-state index in [9.17, 15) is 4.79 Å². The topological polar surface area (TPSA) is 47.8 Å². The van der Waals surface area contributed by atoms with Gasteiger partial charge in [-0.05, 0) is 67.5 Å². The number of aromatic nitrogens is 3. The molecule has 3 aromatic heterocycles. The smallest absolute Gasteiger partial charge is 0.192 e. The number of halogens is 1. The lowest BCUT2D eigenvalue weighted by Gasteiger charge is -2.30. The van der Waals surface area contributed by atoms with Crippen molar-refractivity contribution in [2.24, 2.45) is 17.8 Å². The molecule has 4 atom stereocenters. The van der Waals surface area contributed by atoms with Crippen molar-refractivity contribution in [2.75, 3.05) is 5.75 Å². The summed E-state index contributed by atoms with van der Waals surface area (Å²) >= 11 is 10.5. The van der Waals surface area contributed by atoms with Crippen molar-refractivity contribution in [3.05, 3.63) is 38.9 Å². The number of thiophene rings is 2. The molecule has 152 valence electrons. The number of nitrogens with zero attached hydrogens (tertiary/aromatic N) is 3. The highest BCUT2D eigenvalue weighted by Crippen LogP contribution is 2.53. The molecule has 2 aliphatic carbocycles. The molecule has 0 radical (unpaired) electrons. The maximum atomic E-state index is 12.6.